The van der Waals surface area contributed by atoms with Crippen molar-refractivity contribution in [2.45, 2.75) is 20.3 Å². The van der Waals surface area contributed by atoms with Gasteiger partial charge in [-0.1, -0.05) is 6.92 Å². The molecule has 0 aliphatic rings. The molecule has 16 heavy (non-hydrogen) atoms. The molecule has 4 heteroatoms. The highest BCUT2D eigenvalue weighted by Gasteiger charge is 2.04. The van der Waals surface area contributed by atoms with E-state index in [-0.39, 0.29) is 0 Å². The van der Waals surface area contributed by atoms with Crippen molar-refractivity contribution in [1.29, 1.82) is 0 Å². The van der Waals surface area contributed by atoms with E-state index in [1.54, 1.807) is 0 Å². The molecular formula is C12H12BrN3. The average Bonchev–Trinajstić information content (AvgIpc) is 2.28. The van der Waals surface area contributed by atoms with Crippen LogP contribution < -0.4 is 0 Å². The first-order chi connectivity index (χ1) is 7.69. The van der Waals surface area contributed by atoms with Crippen LogP contribution in [0.1, 0.15) is 18.3 Å². The van der Waals surface area contributed by atoms with Gasteiger partial charge in [0.05, 0.1) is 5.69 Å². The lowest BCUT2D eigenvalue weighted by atomic mass is 10.1. The zero-order valence-corrected chi connectivity index (χ0v) is 10.8. The van der Waals surface area contributed by atoms with Gasteiger partial charge in [0.15, 0.2) is 0 Å². The molecule has 0 N–H and O–H groups in total. The van der Waals surface area contributed by atoms with Crippen molar-refractivity contribution < 1.29 is 0 Å². The summed E-state index contributed by atoms with van der Waals surface area (Å²) in [5, 5.41) is 0. The van der Waals surface area contributed by atoms with Crippen molar-refractivity contribution in [1.82, 2.24) is 15.0 Å². The summed E-state index contributed by atoms with van der Waals surface area (Å²) in [5.74, 6) is 0.839. The maximum atomic E-state index is 4.48. The van der Waals surface area contributed by atoms with Crippen LogP contribution in [0.4, 0.5) is 0 Å². The first kappa shape index (κ1) is 11.2. The molecule has 0 atom stereocenters. The molecular weight excluding hydrogens is 266 g/mol. The van der Waals surface area contributed by atoms with Gasteiger partial charge in [-0.3, -0.25) is 4.98 Å². The van der Waals surface area contributed by atoms with E-state index >= 15 is 0 Å². The van der Waals surface area contributed by atoms with Crippen molar-refractivity contribution in [3.63, 3.8) is 0 Å². The quantitative estimate of drug-likeness (QED) is 0.792. The Morgan fingerprint density at radius 1 is 1.19 bits per heavy atom. The molecule has 3 nitrogen and oxygen atoms in total. The molecule has 2 aromatic rings. The van der Waals surface area contributed by atoms with Crippen LogP contribution >= 0.6 is 15.9 Å². The van der Waals surface area contributed by atoms with E-state index in [4.69, 9.17) is 0 Å². The maximum absolute atomic E-state index is 4.48. The summed E-state index contributed by atoms with van der Waals surface area (Å²) in [6.45, 7) is 4.06. The predicted octanol–water partition coefficient (Wildman–Crippen LogP) is 3.17. The standard InChI is InChI=1S/C12H12BrN3/c1-3-12-15-10(5-11(13)16-12)9-4-8(2)6-14-7-9/h4-7H,3H2,1-2H3. The molecule has 2 rings (SSSR count). The fourth-order valence-corrected chi connectivity index (χ4v) is 1.89. The van der Waals surface area contributed by atoms with Gasteiger partial charge in [0.1, 0.15) is 10.4 Å². The third-order valence-corrected chi connectivity index (χ3v) is 2.63. The summed E-state index contributed by atoms with van der Waals surface area (Å²) in [6.07, 6.45) is 4.48. The molecule has 2 heterocycles. The Hall–Kier alpha value is -1.29. The lowest BCUT2D eigenvalue weighted by molar-refractivity contribution is 0.931. The molecule has 0 aromatic carbocycles. The molecule has 82 valence electrons. The number of hydrogen-bond donors (Lipinski definition) is 0. The van der Waals surface area contributed by atoms with Gasteiger partial charge < -0.3 is 0 Å². The Morgan fingerprint density at radius 2 is 2.00 bits per heavy atom. The molecule has 0 saturated carbocycles. The van der Waals surface area contributed by atoms with E-state index in [1.165, 1.54) is 0 Å². The van der Waals surface area contributed by atoms with E-state index < -0.39 is 0 Å². The molecule has 0 aliphatic carbocycles. The molecule has 0 fully saturated rings. The number of aryl methyl sites for hydroxylation is 2. The lowest BCUT2D eigenvalue weighted by Gasteiger charge is -2.04. The lowest BCUT2D eigenvalue weighted by Crippen LogP contribution is -1.96. The number of aromatic nitrogens is 3. The third-order valence-electron chi connectivity index (χ3n) is 2.23. The highest BCUT2D eigenvalue weighted by atomic mass is 79.9. The second-order valence-electron chi connectivity index (χ2n) is 3.60. The molecule has 0 unspecified atom stereocenters. The number of hydrogen-bond acceptors (Lipinski definition) is 3. The molecule has 2 aromatic heterocycles. The molecule has 0 aliphatic heterocycles. The van der Waals surface area contributed by atoms with Gasteiger partial charge in [-0.2, -0.15) is 0 Å². The van der Waals surface area contributed by atoms with Gasteiger partial charge in [0.25, 0.3) is 0 Å². The van der Waals surface area contributed by atoms with Gasteiger partial charge in [-0.15, -0.1) is 0 Å². The molecule has 0 amide bonds. The molecule has 0 spiro atoms. The van der Waals surface area contributed by atoms with Gasteiger partial charge >= 0.3 is 0 Å². The minimum Gasteiger partial charge on any atom is -0.264 e. The van der Waals surface area contributed by atoms with Crippen LogP contribution in [-0.2, 0) is 6.42 Å². The number of rotatable bonds is 2. The average molecular weight is 278 g/mol. The highest BCUT2D eigenvalue weighted by Crippen LogP contribution is 2.20. The number of nitrogens with zero attached hydrogens (tertiary/aromatic N) is 3. The summed E-state index contributed by atoms with van der Waals surface area (Å²) >= 11 is 3.40. The summed E-state index contributed by atoms with van der Waals surface area (Å²) < 4.78 is 0.816. The van der Waals surface area contributed by atoms with Crippen LogP contribution in [0.5, 0.6) is 0 Å². The highest BCUT2D eigenvalue weighted by molar-refractivity contribution is 9.10. The maximum Gasteiger partial charge on any atom is 0.130 e. The van der Waals surface area contributed by atoms with Crippen LogP contribution in [0.25, 0.3) is 11.3 Å². The Balaban J connectivity index is 2.51. The Morgan fingerprint density at radius 3 is 2.69 bits per heavy atom. The number of pyridine rings is 1. The molecule has 0 bridgehead atoms. The Labute approximate surface area is 103 Å². The van der Waals surface area contributed by atoms with Gasteiger partial charge in [-0.05, 0) is 40.5 Å². The van der Waals surface area contributed by atoms with Crippen molar-refractivity contribution in [3.8, 4) is 11.3 Å². The first-order valence-electron chi connectivity index (χ1n) is 5.14. The first-order valence-corrected chi connectivity index (χ1v) is 5.94. The van der Waals surface area contributed by atoms with Crippen LogP contribution in [0.2, 0.25) is 0 Å². The second kappa shape index (κ2) is 4.70. The summed E-state index contributed by atoms with van der Waals surface area (Å²) in [5.41, 5.74) is 3.07. The van der Waals surface area contributed by atoms with Crippen molar-refractivity contribution >= 4 is 15.9 Å². The van der Waals surface area contributed by atoms with E-state index in [9.17, 15) is 0 Å². The Kier molecular flexibility index (Phi) is 3.29. The SMILES string of the molecule is CCc1nc(Br)cc(-c2cncc(C)c2)n1. The normalized spacial score (nSPS) is 10.4. The second-order valence-corrected chi connectivity index (χ2v) is 4.41. The van der Waals surface area contributed by atoms with E-state index in [2.05, 4.69) is 36.9 Å². The van der Waals surface area contributed by atoms with Gasteiger partial charge in [0.2, 0.25) is 0 Å². The van der Waals surface area contributed by atoms with Crippen molar-refractivity contribution in [3.05, 3.63) is 40.5 Å². The molecule has 0 saturated heterocycles. The van der Waals surface area contributed by atoms with E-state index in [1.807, 2.05) is 32.3 Å². The van der Waals surface area contributed by atoms with Crippen LogP contribution in [0, 0.1) is 6.92 Å². The van der Waals surface area contributed by atoms with Gasteiger partial charge in [-0.25, -0.2) is 9.97 Å². The molecule has 0 radical (unpaired) electrons. The summed E-state index contributed by atoms with van der Waals surface area (Å²) in [6, 6.07) is 3.98. The topological polar surface area (TPSA) is 38.7 Å². The van der Waals surface area contributed by atoms with E-state index in [0.717, 1.165) is 33.7 Å². The monoisotopic (exact) mass is 277 g/mol. The van der Waals surface area contributed by atoms with Crippen molar-refractivity contribution in [2.75, 3.05) is 0 Å². The van der Waals surface area contributed by atoms with Crippen molar-refractivity contribution in [2.24, 2.45) is 0 Å². The van der Waals surface area contributed by atoms with Crippen LogP contribution in [0.15, 0.2) is 29.1 Å². The zero-order valence-electron chi connectivity index (χ0n) is 9.24. The van der Waals surface area contributed by atoms with Crippen LogP contribution in [0.3, 0.4) is 0 Å². The third kappa shape index (κ3) is 2.44. The zero-order chi connectivity index (χ0) is 11.5. The predicted molar refractivity (Wildman–Crippen MR) is 67.1 cm³/mol. The fraction of sp³-hybridized carbons (Fsp3) is 0.250. The van der Waals surface area contributed by atoms with E-state index in [0.29, 0.717) is 0 Å². The number of halogens is 1. The van der Waals surface area contributed by atoms with Gasteiger partial charge in [0, 0.05) is 24.4 Å². The summed E-state index contributed by atoms with van der Waals surface area (Å²) in [7, 11) is 0. The smallest absolute Gasteiger partial charge is 0.130 e. The Bertz CT molecular complexity index is 511. The summed E-state index contributed by atoms with van der Waals surface area (Å²) in [4.78, 5) is 12.9. The van der Waals surface area contributed by atoms with Crippen LogP contribution in [-0.4, -0.2) is 15.0 Å². The fourth-order valence-electron chi connectivity index (χ4n) is 1.47. The minimum atomic E-state index is 0.816. The largest absolute Gasteiger partial charge is 0.264 e. The minimum absolute atomic E-state index is 0.816.